The van der Waals surface area contributed by atoms with Gasteiger partial charge < -0.3 is 4.90 Å². The Bertz CT molecular complexity index is 337. The van der Waals surface area contributed by atoms with Gasteiger partial charge in [0.1, 0.15) is 0 Å². The van der Waals surface area contributed by atoms with Crippen LogP contribution < -0.4 is 0 Å². The molecule has 0 heterocycles. The van der Waals surface area contributed by atoms with Gasteiger partial charge in [-0.3, -0.25) is 0 Å². The molecule has 1 aromatic rings. The maximum Gasteiger partial charge on any atom is 0.0230 e. The highest BCUT2D eigenvalue weighted by atomic mass is 15.0. The Morgan fingerprint density at radius 1 is 1.00 bits per heavy atom. The Morgan fingerprint density at radius 3 is 2.00 bits per heavy atom. The normalized spacial score (nSPS) is 12.1. The van der Waals surface area contributed by atoms with E-state index in [-0.39, 0.29) is 0 Å². The van der Waals surface area contributed by atoms with Crippen molar-refractivity contribution in [2.45, 2.75) is 46.6 Å². The monoisotopic (exact) mass is 233 g/mol. The zero-order valence-electron chi connectivity index (χ0n) is 12.1. The third-order valence-corrected chi connectivity index (χ3v) is 3.93. The molecule has 0 atom stereocenters. The quantitative estimate of drug-likeness (QED) is 0.714. The molecule has 0 radical (unpaired) electrons. The van der Waals surface area contributed by atoms with E-state index in [1.165, 1.54) is 30.4 Å². The van der Waals surface area contributed by atoms with Crippen LogP contribution in [0.15, 0.2) is 24.3 Å². The van der Waals surface area contributed by atoms with Crippen molar-refractivity contribution >= 4 is 0 Å². The molecule has 0 aliphatic carbocycles. The van der Waals surface area contributed by atoms with E-state index < -0.39 is 0 Å². The third-order valence-electron chi connectivity index (χ3n) is 3.93. The lowest BCUT2D eigenvalue weighted by Crippen LogP contribution is -2.20. The summed E-state index contributed by atoms with van der Waals surface area (Å²) >= 11 is 0. The Hall–Kier alpha value is -0.820. The molecule has 0 fully saturated rings. The van der Waals surface area contributed by atoms with Crippen LogP contribution in [0.1, 0.15) is 44.7 Å². The molecular formula is C16H27N. The topological polar surface area (TPSA) is 3.24 Å². The average molecular weight is 233 g/mol. The number of hydrogen-bond donors (Lipinski definition) is 0. The molecule has 0 saturated carbocycles. The van der Waals surface area contributed by atoms with Crippen LogP contribution in [-0.2, 0) is 13.0 Å². The lowest BCUT2D eigenvalue weighted by molar-refractivity contribution is 0.293. The van der Waals surface area contributed by atoms with Crippen LogP contribution in [0.4, 0.5) is 0 Å². The highest BCUT2D eigenvalue weighted by Gasteiger charge is 2.21. The Labute approximate surface area is 107 Å². The molecule has 1 heteroatoms. The summed E-state index contributed by atoms with van der Waals surface area (Å²) in [5.74, 6) is 0. The van der Waals surface area contributed by atoms with Crippen molar-refractivity contribution in [1.29, 1.82) is 0 Å². The minimum Gasteiger partial charge on any atom is -0.305 e. The first kappa shape index (κ1) is 14.2. The fraction of sp³-hybridized carbons (Fsp3) is 0.625. The van der Waals surface area contributed by atoms with Gasteiger partial charge in [0.15, 0.2) is 0 Å². The standard InChI is InChI=1S/C16H27N/c1-6-16(3,7-2)12-14-10-8-9-11-15(14)13-17(4)5/h8-11H,6-7,12-13H2,1-5H3. The fourth-order valence-corrected chi connectivity index (χ4v) is 2.18. The molecule has 0 unspecified atom stereocenters. The highest BCUT2D eigenvalue weighted by Crippen LogP contribution is 2.31. The molecule has 1 aromatic carbocycles. The van der Waals surface area contributed by atoms with Crippen LogP contribution in [0.2, 0.25) is 0 Å². The van der Waals surface area contributed by atoms with Crippen molar-refractivity contribution in [3.8, 4) is 0 Å². The predicted molar refractivity (Wildman–Crippen MR) is 76.2 cm³/mol. The van der Waals surface area contributed by atoms with Gasteiger partial charge in [0.2, 0.25) is 0 Å². The smallest absolute Gasteiger partial charge is 0.0230 e. The van der Waals surface area contributed by atoms with E-state index in [4.69, 9.17) is 0 Å². The van der Waals surface area contributed by atoms with Crippen molar-refractivity contribution in [2.75, 3.05) is 14.1 Å². The van der Waals surface area contributed by atoms with Gasteiger partial charge in [-0.25, -0.2) is 0 Å². The summed E-state index contributed by atoms with van der Waals surface area (Å²) in [5.41, 5.74) is 3.45. The molecule has 96 valence electrons. The summed E-state index contributed by atoms with van der Waals surface area (Å²) in [7, 11) is 4.27. The summed E-state index contributed by atoms with van der Waals surface area (Å²) in [4.78, 5) is 2.24. The van der Waals surface area contributed by atoms with Gasteiger partial charge in [0.25, 0.3) is 0 Å². The van der Waals surface area contributed by atoms with Gasteiger partial charge in [-0.15, -0.1) is 0 Å². The second-order valence-corrected chi connectivity index (χ2v) is 5.70. The molecule has 0 aliphatic rings. The molecule has 0 aromatic heterocycles. The van der Waals surface area contributed by atoms with Gasteiger partial charge >= 0.3 is 0 Å². The summed E-state index contributed by atoms with van der Waals surface area (Å²) in [6, 6.07) is 8.88. The summed E-state index contributed by atoms with van der Waals surface area (Å²) in [6.45, 7) is 8.05. The van der Waals surface area contributed by atoms with E-state index in [1.54, 1.807) is 0 Å². The Kier molecular flexibility index (Phi) is 5.20. The molecular weight excluding hydrogens is 206 g/mol. The van der Waals surface area contributed by atoms with Crippen molar-refractivity contribution < 1.29 is 0 Å². The minimum atomic E-state index is 0.447. The molecule has 0 spiro atoms. The summed E-state index contributed by atoms with van der Waals surface area (Å²) < 4.78 is 0. The predicted octanol–water partition coefficient (Wildman–Crippen LogP) is 4.12. The van der Waals surface area contributed by atoms with Crippen LogP contribution in [0.25, 0.3) is 0 Å². The van der Waals surface area contributed by atoms with Crippen molar-refractivity contribution in [2.24, 2.45) is 5.41 Å². The molecule has 0 aliphatic heterocycles. The third kappa shape index (κ3) is 4.16. The fourth-order valence-electron chi connectivity index (χ4n) is 2.18. The van der Waals surface area contributed by atoms with Crippen LogP contribution in [-0.4, -0.2) is 19.0 Å². The van der Waals surface area contributed by atoms with Crippen LogP contribution in [0.5, 0.6) is 0 Å². The van der Waals surface area contributed by atoms with Crippen LogP contribution in [0, 0.1) is 5.41 Å². The van der Waals surface area contributed by atoms with Gasteiger partial charge in [-0.05, 0) is 37.1 Å². The molecule has 1 rings (SSSR count). The average Bonchev–Trinajstić information content (AvgIpc) is 2.31. The number of nitrogens with zero attached hydrogens (tertiary/aromatic N) is 1. The van der Waals surface area contributed by atoms with Gasteiger partial charge in [0.05, 0.1) is 0 Å². The SMILES string of the molecule is CCC(C)(CC)Cc1ccccc1CN(C)C. The number of rotatable bonds is 6. The number of hydrogen-bond acceptors (Lipinski definition) is 1. The van der Waals surface area contributed by atoms with E-state index in [9.17, 15) is 0 Å². The summed E-state index contributed by atoms with van der Waals surface area (Å²) in [5, 5.41) is 0. The van der Waals surface area contributed by atoms with Gasteiger partial charge in [-0.1, -0.05) is 57.9 Å². The Morgan fingerprint density at radius 2 is 1.53 bits per heavy atom. The van der Waals surface area contributed by atoms with E-state index in [0.717, 1.165) is 6.54 Å². The largest absolute Gasteiger partial charge is 0.305 e. The Balaban J connectivity index is 2.89. The molecule has 0 bridgehead atoms. The van der Waals surface area contributed by atoms with Crippen LogP contribution >= 0.6 is 0 Å². The lowest BCUT2D eigenvalue weighted by Gasteiger charge is -2.28. The maximum absolute atomic E-state index is 2.40. The van der Waals surface area contributed by atoms with Crippen molar-refractivity contribution in [1.82, 2.24) is 4.90 Å². The first-order valence-electron chi connectivity index (χ1n) is 6.72. The first-order chi connectivity index (χ1) is 8.00. The van der Waals surface area contributed by atoms with E-state index in [1.807, 2.05) is 0 Å². The molecule has 0 saturated heterocycles. The van der Waals surface area contributed by atoms with E-state index >= 15 is 0 Å². The molecule has 17 heavy (non-hydrogen) atoms. The lowest BCUT2D eigenvalue weighted by atomic mass is 9.78. The maximum atomic E-state index is 2.40. The molecule has 0 N–H and O–H groups in total. The van der Waals surface area contributed by atoms with E-state index in [2.05, 4.69) is 64.0 Å². The van der Waals surface area contributed by atoms with E-state index in [0.29, 0.717) is 5.41 Å². The van der Waals surface area contributed by atoms with Gasteiger partial charge in [-0.2, -0.15) is 0 Å². The minimum absolute atomic E-state index is 0.447. The van der Waals surface area contributed by atoms with Crippen molar-refractivity contribution in [3.05, 3.63) is 35.4 Å². The van der Waals surface area contributed by atoms with Crippen molar-refractivity contribution in [3.63, 3.8) is 0 Å². The van der Waals surface area contributed by atoms with Crippen LogP contribution in [0.3, 0.4) is 0 Å². The zero-order valence-corrected chi connectivity index (χ0v) is 12.1. The first-order valence-corrected chi connectivity index (χ1v) is 6.72. The molecule has 1 nitrogen and oxygen atoms in total. The zero-order chi connectivity index (χ0) is 12.9. The second-order valence-electron chi connectivity index (χ2n) is 5.70. The molecule has 0 amide bonds. The highest BCUT2D eigenvalue weighted by molar-refractivity contribution is 5.28. The second kappa shape index (κ2) is 6.20. The summed E-state index contributed by atoms with van der Waals surface area (Å²) in [6.07, 6.45) is 3.70. The number of benzene rings is 1. The van der Waals surface area contributed by atoms with Gasteiger partial charge in [0, 0.05) is 6.54 Å².